The molecule has 15 nitrogen and oxygen atoms in total. The van der Waals surface area contributed by atoms with Crippen LogP contribution in [0.5, 0.6) is 0 Å². The Morgan fingerprint density at radius 1 is 0.516 bits per heavy atom. The van der Waals surface area contributed by atoms with Crippen LogP contribution in [0.25, 0.3) is 0 Å². The summed E-state index contributed by atoms with van der Waals surface area (Å²) < 4.78 is 33.5. The minimum absolute atomic E-state index is 0.151. The molecule has 0 saturated carbocycles. The molecule has 11 atom stereocenters. The Kier molecular flexibility index (Phi) is 32.9. The second kappa shape index (κ2) is 36.6. The fourth-order valence-electron chi connectivity index (χ4n) is 7.27. The van der Waals surface area contributed by atoms with Crippen LogP contribution in [0.3, 0.4) is 0 Å². The zero-order valence-corrected chi connectivity index (χ0v) is 38.8. The lowest BCUT2D eigenvalue weighted by Gasteiger charge is -2.42. The predicted molar refractivity (Wildman–Crippen MR) is 243 cm³/mol. The molecule has 0 radical (unpaired) electrons. The molecule has 2 rings (SSSR count). The first-order valence-electron chi connectivity index (χ1n) is 24.2. The average molecular weight is 913 g/mol. The number of hydrogen-bond acceptors (Lipinski definition) is 15. The predicted octanol–water partition coefficient (Wildman–Crippen LogP) is 5.93. The lowest BCUT2D eigenvalue weighted by Crippen LogP contribution is -2.61. The Morgan fingerprint density at radius 3 is 1.56 bits per heavy atom. The molecular formula is C49H84O15. The summed E-state index contributed by atoms with van der Waals surface area (Å²) in [4.78, 5) is 25.7. The Labute approximate surface area is 382 Å². The van der Waals surface area contributed by atoms with Gasteiger partial charge >= 0.3 is 11.9 Å². The number of aliphatic hydroxyl groups excluding tert-OH is 7. The summed E-state index contributed by atoms with van der Waals surface area (Å²) >= 11 is 0. The number of rotatable bonds is 36. The van der Waals surface area contributed by atoms with Gasteiger partial charge in [0.1, 0.15) is 55.4 Å². The van der Waals surface area contributed by atoms with Crippen LogP contribution in [0.15, 0.2) is 48.6 Å². The number of aliphatic hydroxyl groups is 7. The summed E-state index contributed by atoms with van der Waals surface area (Å²) in [5.74, 6) is -0.952. The summed E-state index contributed by atoms with van der Waals surface area (Å²) in [7, 11) is 0. The third-order valence-electron chi connectivity index (χ3n) is 11.3. The van der Waals surface area contributed by atoms with E-state index in [0.717, 1.165) is 103 Å². The monoisotopic (exact) mass is 913 g/mol. The molecule has 0 aromatic rings. The fourth-order valence-corrected chi connectivity index (χ4v) is 7.27. The summed E-state index contributed by atoms with van der Waals surface area (Å²) in [6.07, 6.45) is 21.5. The minimum atomic E-state index is -1.77. The van der Waals surface area contributed by atoms with E-state index < -0.39 is 92.7 Å². The molecule has 64 heavy (non-hydrogen) atoms. The van der Waals surface area contributed by atoms with Crippen molar-refractivity contribution in [2.45, 2.75) is 223 Å². The molecular weight excluding hydrogens is 829 g/mol. The highest BCUT2D eigenvalue weighted by Gasteiger charge is 2.47. The molecule has 0 aliphatic carbocycles. The topological polar surface area (TPSA) is 231 Å². The van der Waals surface area contributed by atoms with Crippen LogP contribution in [0, 0.1) is 0 Å². The zero-order chi connectivity index (χ0) is 46.8. The molecule has 0 spiro atoms. The lowest BCUT2D eigenvalue weighted by molar-refractivity contribution is -0.332. The number of unbranched alkanes of at least 4 members (excludes halogenated alkanes) is 14. The van der Waals surface area contributed by atoms with Crippen LogP contribution in [-0.2, 0) is 38.0 Å². The van der Waals surface area contributed by atoms with E-state index in [1.165, 1.54) is 12.8 Å². The van der Waals surface area contributed by atoms with Gasteiger partial charge in [-0.15, -0.1) is 0 Å². The summed E-state index contributed by atoms with van der Waals surface area (Å²) in [5, 5.41) is 71.9. The molecule has 2 saturated heterocycles. The second-order valence-corrected chi connectivity index (χ2v) is 16.9. The molecule has 11 unspecified atom stereocenters. The van der Waals surface area contributed by atoms with E-state index in [4.69, 9.17) is 28.4 Å². The molecule has 370 valence electrons. The van der Waals surface area contributed by atoms with Crippen molar-refractivity contribution in [2.24, 2.45) is 0 Å². The highest BCUT2D eigenvalue weighted by Crippen LogP contribution is 2.26. The van der Waals surface area contributed by atoms with Gasteiger partial charge in [-0.25, -0.2) is 0 Å². The molecule has 0 aromatic heterocycles. The van der Waals surface area contributed by atoms with E-state index in [1.54, 1.807) is 0 Å². The van der Waals surface area contributed by atoms with E-state index in [2.05, 4.69) is 62.5 Å². The van der Waals surface area contributed by atoms with Crippen LogP contribution >= 0.6 is 0 Å². The van der Waals surface area contributed by atoms with Gasteiger partial charge in [0, 0.05) is 12.8 Å². The van der Waals surface area contributed by atoms with Crippen LogP contribution in [0.1, 0.15) is 155 Å². The molecule has 15 heteroatoms. The van der Waals surface area contributed by atoms with Crippen LogP contribution < -0.4 is 0 Å². The maximum absolute atomic E-state index is 13.0. The third-order valence-corrected chi connectivity index (χ3v) is 11.3. The van der Waals surface area contributed by atoms with Gasteiger partial charge in [-0.3, -0.25) is 9.59 Å². The highest BCUT2D eigenvalue weighted by molar-refractivity contribution is 5.70. The maximum Gasteiger partial charge on any atom is 0.306 e. The fraction of sp³-hybridized carbons (Fsp3) is 0.796. The third kappa shape index (κ3) is 24.8. The number of ether oxygens (including phenoxy) is 6. The molecule has 7 N–H and O–H groups in total. The van der Waals surface area contributed by atoms with Crippen molar-refractivity contribution in [3.05, 3.63) is 48.6 Å². The van der Waals surface area contributed by atoms with E-state index in [9.17, 15) is 45.3 Å². The van der Waals surface area contributed by atoms with Crippen molar-refractivity contribution in [2.75, 3.05) is 26.4 Å². The Morgan fingerprint density at radius 2 is 0.984 bits per heavy atom. The standard InChI is InChI=1S/C49H84O15/c1-3-5-7-9-11-13-15-16-17-18-19-20-22-24-26-28-30-32-41(52)62-37(34-59-40(51)31-29-27-25-23-21-14-12-10-8-6-4-2)35-60-48-47(58)45(56)43(54)39(64-48)36-61-49-46(57)44(55)42(53)38(33-50)63-49/h5,7,10-13,16-17,37-39,42-50,53-58H,3-4,6,8-9,14-15,18-36H2,1-2H3/b7-5-,12-10-,13-11-,17-16-. The smallest absolute Gasteiger partial charge is 0.306 e. The Balaban J connectivity index is 1.83. The number of carbonyl (C=O) groups is 2. The number of hydrogen-bond donors (Lipinski definition) is 7. The van der Waals surface area contributed by atoms with E-state index in [-0.39, 0.29) is 26.1 Å². The lowest BCUT2D eigenvalue weighted by atomic mass is 9.98. The first-order chi connectivity index (χ1) is 31.0. The summed E-state index contributed by atoms with van der Waals surface area (Å²) in [5.41, 5.74) is 0. The van der Waals surface area contributed by atoms with E-state index in [1.807, 2.05) is 0 Å². The van der Waals surface area contributed by atoms with Gasteiger partial charge in [-0.1, -0.05) is 127 Å². The number of esters is 2. The van der Waals surface area contributed by atoms with Gasteiger partial charge in [0.25, 0.3) is 0 Å². The first kappa shape index (κ1) is 57.6. The van der Waals surface area contributed by atoms with Crippen molar-refractivity contribution in [1.29, 1.82) is 0 Å². The average Bonchev–Trinajstić information content (AvgIpc) is 3.29. The molecule has 0 bridgehead atoms. The van der Waals surface area contributed by atoms with Crippen molar-refractivity contribution in [1.82, 2.24) is 0 Å². The van der Waals surface area contributed by atoms with Gasteiger partial charge in [-0.05, 0) is 64.2 Å². The van der Waals surface area contributed by atoms with Crippen molar-refractivity contribution >= 4 is 11.9 Å². The number of allylic oxidation sites excluding steroid dienone is 8. The summed E-state index contributed by atoms with van der Waals surface area (Å²) in [6.45, 7) is 2.40. The second-order valence-electron chi connectivity index (χ2n) is 16.9. The molecule has 0 amide bonds. The highest BCUT2D eigenvalue weighted by atomic mass is 16.7. The van der Waals surface area contributed by atoms with Crippen LogP contribution in [-0.4, -0.2) is 142 Å². The maximum atomic E-state index is 13.0. The Hall–Kier alpha value is -2.54. The van der Waals surface area contributed by atoms with Gasteiger partial charge in [0.15, 0.2) is 18.7 Å². The molecule has 2 aliphatic rings. The van der Waals surface area contributed by atoms with E-state index in [0.29, 0.717) is 12.8 Å². The Bertz CT molecular complexity index is 1300. The molecule has 2 heterocycles. The van der Waals surface area contributed by atoms with Crippen LogP contribution in [0.4, 0.5) is 0 Å². The molecule has 2 fully saturated rings. The molecule has 0 aromatic carbocycles. The summed E-state index contributed by atoms with van der Waals surface area (Å²) in [6, 6.07) is 0. The molecule has 2 aliphatic heterocycles. The normalized spacial score (nSPS) is 27.0. The zero-order valence-electron chi connectivity index (χ0n) is 38.8. The largest absolute Gasteiger partial charge is 0.462 e. The SMILES string of the molecule is CC/C=C\C/C=C\C/C=C\CCCCCCCCCC(=O)OC(COC(=O)CCCCCCC/C=C\CCCC)COC1OC(COC2OC(CO)C(O)C(O)C2O)C(O)C(O)C1O. The first-order valence-corrected chi connectivity index (χ1v) is 24.2. The number of carbonyl (C=O) groups excluding carboxylic acids is 2. The van der Waals surface area contributed by atoms with Gasteiger partial charge in [0.05, 0.1) is 19.8 Å². The van der Waals surface area contributed by atoms with Crippen molar-refractivity contribution in [3.8, 4) is 0 Å². The minimum Gasteiger partial charge on any atom is -0.462 e. The van der Waals surface area contributed by atoms with Gasteiger partial charge in [0.2, 0.25) is 0 Å². The van der Waals surface area contributed by atoms with Crippen molar-refractivity contribution < 1.29 is 73.8 Å². The van der Waals surface area contributed by atoms with E-state index >= 15 is 0 Å². The van der Waals surface area contributed by atoms with Gasteiger partial charge in [-0.2, -0.15) is 0 Å². The quantitative estimate of drug-likeness (QED) is 0.0220. The van der Waals surface area contributed by atoms with Crippen LogP contribution in [0.2, 0.25) is 0 Å². The van der Waals surface area contributed by atoms with Gasteiger partial charge < -0.3 is 64.2 Å². The van der Waals surface area contributed by atoms with Crippen molar-refractivity contribution in [3.63, 3.8) is 0 Å².